The van der Waals surface area contributed by atoms with Gasteiger partial charge in [0.2, 0.25) is 0 Å². The van der Waals surface area contributed by atoms with E-state index in [1.54, 1.807) is 0 Å². The molecule has 11 heteroatoms. The van der Waals surface area contributed by atoms with Crippen LogP contribution in [0.2, 0.25) is 5.02 Å². The summed E-state index contributed by atoms with van der Waals surface area (Å²) < 4.78 is 67.4. The third kappa shape index (κ3) is 2.95. The van der Waals surface area contributed by atoms with Crippen molar-refractivity contribution in [2.24, 2.45) is 0 Å². The Morgan fingerprint density at radius 3 is 2.62 bits per heavy atom. The molecule has 0 atom stereocenters. The Morgan fingerprint density at radius 1 is 1.23 bits per heavy atom. The van der Waals surface area contributed by atoms with Crippen molar-refractivity contribution in [3.05, 3.63) is 47.1 Å². The Bertz CT molecular complexity index is 1150. The summed E-state index contributed by atoms with van der Waals surface area (Å²) in [7, 11) is -5.57. The molecule has 134 valence electrons. The number of aromatic nitrogens is 2. The summed E-state index contributed by atoms with van der Waals surface area (Å²) in [6, 6.07) is 7.94. The molecule has 1 heterocycles. The van der Waals surface area contributed by atoms with Crippen LogP contribution in [0.4, 0.5) is 13.2 Å². The Hall–Kier alpha value is -2.77. The lowest BCUT2D eigenvalue weighted by Crippen LogP contribution is -2.23. The van der Waals surface area contributed by atoms with E-state index in [4.69, 9.17) is 21.6 Å². The molecule has 0 bridgehead atoms. The van der Waals surface area contributed by atoms with E-state index in [9.17, 15) is 21.6 Å². The molecule has 0 radical (unpaired) electrons. The summed E-state index contributed by atoms with van der Waals surface area (Å²) in [6.07, 6.45) is 1.14. The zero-order valence-corrected chi connectivity index (χ0v) is 14.1. The van der Waals surface area contributed by atoms with E-state index in [1.807, 2.05) is 6.07 Å². The van der Waals surface area contributed by atoms with E-state index in [0.717, 1.165) is 18.3 Å². The number of nitrogens with zero attached hydrogens (tertiary/aromatic N) is 2. The molecule has 1 N–H and O–H groups in total. The van der Waals surface area contributed by atoms with Gasteiger partial charge in [-0.3, -0.25) is 5.10 Å². The first-order valence-corrected chi connectivity index (χ1v) is 8.66. The molecule has 0 unspecified atom stereocenters. The predicted octanol–water partition coefficient (Wildman–Crippen LogP) is 4.17. The molecular formula is C15H7ClF3N3O3S. The van der Waals surface area contributed by atoms with Gasteiger partial charge in [0.1, 0.15) is 22.5 Å². The van der Waals surface area contributed by atoms with Crippen LogP contribution in [0.1, 0.15) is 5.56 Å². The molecule has 3 aromatic rings. The van der Waals surface area contributed by atoms with Crippen molar-refractivity contribution in [2.45, 2.75) is 10.4 Å². The second-order valence-electron chi connectivity index (χ2n) is 5.03. The van der Waals surface area contributed by atoms with Crippen molar-refractivity contribution >= 4 is 32.3 Å². The molecule has 1 aromatic heterocycles. The maximum atomic E-state index is 12.8. The minimum Gasteiger partial charge on any atom is -0.457 e. The van der Waals surface area contributed by atoms with Gasteiger partial charge in [0.25, 0.3) is 9.84 Å². The molecule has 0 saturated heterocycles. The molecule has 0 aliphatic rings. The Morgan fingerprint density at radius 2 is 1.96 bits per heavy atom. The number of fused-ring (bicyclic) bond motifs is 1. The topological polar surface area (TPSA) is 95.8 Å². The van der Waals surface area contributed by atoms with Gasteiger partial charge in [0.15, 0.2) is 0 Å². The molecule has 0 aliphatic carbocycles. The number of ether oxygens (including phenoxy) is 1. The molecule has 6 nitrogen and oxygen atoms in total. The van der Waals surface area contributed by atoms with Crippen LogP contribution < -0.4 is 4.74 Å². The molecule has 2 aromatic carbocycles. The van der Waals surface area contributed by atoms with E-state index < -0.39 is 20.2 Å². The molecule has 0 fully saturated rings. The minimum atomic E-state index is -5.57. The fourth-order valence-electron chi connectivity index (χ4n) is 2.20. The summed E-state index contributed by atoms with van der Waals surface area (Å²) in [5.74, 6) is 0.251. The molecule has 0 spiro atoms. The first-order chi connectivity index (χ1) is 12.1. The number of hydrogen-bond acceptors (Lipinski definition) is 5. The highest BCUT2D eigenvalue weighted by Crippen LogP contribution is 2.38. The summed E-state index contributed by atoms with van der Waals surface area (Å²) >= 11 is 5.82. The van der Waals surface area contributed by atoms with Crippen LogP contribution in [0.15, 0.2) is 41.4 Å². The number of halogens is 4. The third-order valence-corrected chi connectivity index (χ3v) is 5.28. The molecule has 0 saturated carbocycles. The first-order valence-electron chi connectivity index (χ1n) is 6.80. The van der Waals surface area contributed by atoms with Gasteiger partial charge >= 0.3 is 5.51 Å². The number of alkyl halides is 3. The number of sulfone groups is 1. The van der Waals surface area contributed by atoms with Gasteiger partial charge in [0.05, 0.1) is 27.7 Å². The van der Waals surface area contributed by atoms with Crippen molar-refractivity contribution in [3.8, 4) is 17.6 Å². The maximum Gasteiger partial charge on any atom is 0.501 e. The average Bonchev–Trinajstić information content (AvgIpc) is 3.05. The zero-order valence-electron chi connectivity index (χ0n) is 12.5. The SMILES string of the molecule is N#Cc1cc(Oc2ccc(S(=O)(=O)C(F)(F)F)c3[nH]ncc23)ccc1Cl. The predicted molar refractivity (Wildman–Crippen MR) is 85.6 cm³/mol. The number of nitriles is 1. The van der Waals surface area contributed by atoms with Crippen LogP contribution in [0.5, 0.6) is 11.5 Å². The zero-order chi connectivity index (χ0) is 19.1. The normalized spacial score (nSPS) is 12.1. The number of benzene rings is 2. The number of hydrogen-bond donors (Lipinski definition) is 1. The third-order valence-electron chi connectivity index (χ3n) is 3.42. The lowest BCUT2D eigenvalue weighted by Gasteiger charge is -2.11. The van der Waals surface area contributed by atoms with Crippen LogP contribution in [0.3, 0.4) is 0 Å². The Labute approximate surface area is 149 Å². The average molecular weight is 402 g/mol. The van der Waals surface area contributed by atoms with Crippen molar-refractivity contribution in [1.29, 1.82) is 5.26 Å². The van der Waals surface area contributed by atoms with Crippen molar-refractivity contribution < 1.29 is 26.3 Å². The standard InChI is InChI=1S/C15H7ClF3N3O3S/c16-11-2-1-9(5-8(11)6-20)25-12-3-4-13(14-10(12)7-21-22-14)26(23,24)15(17,18)19/h1-5,7H,(H,21,22). The molecule has 0 aliphatic heterocycles. The van der Waals surface area contributed by atoms with Crippen molar-refractivity contribution in [2.75, 3.05) is 0 Å². The van der Waals surface area contributed by atoms with Crippen LogP contribution in [-0.2, 0) is 9.84 Å². The van der Waals surface area contributed by atoms with Gasteiger partial charge < -0.3 is 4.74 Å². The molecular weight excluding hydrogens is 395 g/mol. The Kier molecular flexibility index (Phi) is 4.29. The Balaban J connectivity index is 2.10. The highest BCUT2D eigenvalue weighted by atomic mass is 35.5. The van der Waals surface area contributed by atoms with Gasteiger partial charge in [-0.15, -0.1) is 0 Å². The largest absolute Gasteiger partial charge is 0.501 e. The summed E-state index contributed by atoms with van der Waals surface area (Å²) in [5, 5.41) is 15.1. The van der Waals surface area contributed by atoms with Gasteiger partial charge in [0, 0.05) is 6.07 Å². The summed E-state index contributed by atoms with van der Waals surface area (Å²) in [5.41, 5.74) is -5.65. The van der Waals surface area contributed by atoms with Gasteiger partial charge in [-0.2, -0.15) is 23.5 Å². The second kappa shape index (κ2) is 6.19. The van der Waals surface area contributed by atoms with Gasteiger partial charge in [-0.1, -0.05) is 11.6 Å². The fraction of sp³-hybridized carbons (Fsp3) is 0.0667. The number of nitrogens with one attached hydrogen (secondary N) is 1. The lowest BCUT2D eigenvalue weighted by molar-refractivity contribution is -0.0435. The van der Waals surface area contributed by atoms with Crippen LogP contribution in [0, 0.1) is 11.3 Å². The molecule has 26 heavy (non-hydrogen) atoms. The monoisotopic (exact) mass is 401 g/mol. The first kappa shape index (κ1) is 18.0. The van der Waals surface area contributed by atoms with E-state index in [0.29, 0.717) is 0 Å². The van der Waals surface area contributed by atoms with Gasteiger partial charge in [-0.05, 0) is 24.3 Å². The van der Waals surface area contributed by atoms with E-state index in [2.05, 4.69) is 10.2 Å². The highest BCUT2D eigenvalue weighted by Gasteiger charge is 2.48. The van der Waals surface area contributed by atoms with Crippen LogP contribution in [0.25, 0.3) is 10.9 Å². The lowest BCUT2D eigenvalue weighted by atomic mass is 10.2. The smallest absolute Gasteiger partial charge is 0.457 e. The van der Waals surface area contributed by atoms with Crippen molar-refractivity contribution in [3.63, 3.8) is 0 Å². The minimum absolute atomic E-state index is 0.0313. The quantitative estimate of drug-likeness (QED) is 0.710. The highest BCUT2D eigenvalue weighted by molar-refractivity contribution is 7.92. The van der Waals surface area contributed by atoms with E-state index in [-0.39, 0.29) is 33.0 Å². The van der Waals surface area contributed by atoms with E-state index in [1.165, 1.54) is 18.2 Å². The molecule has 0 amide bonds. The number of rotatable bonds is 3. The number of aromatic amines is 1. The fourth-order valence-corrected chi connectivity index (χ4v) is 3.28. The second-order valence-corrected chi connectivity index (χ2v) is 7.34. The summed E-state index contributed by atoms with van der Waals surface area (Å²) in [6.45, 7) is 0. The molecule has 3 rings (SSSR count). The van der Waals surface area contributed by atoms with Crippen LogP contribution >= 0.6 is 11.6 Å². The van der Waals surface area contributed by atoms with Gasteiger partial charge in [-0.25, -0.2) is 8.42 Å². The van der Waals surface area contributed by atoms with E-state index >= 15 is 0 Å². The maximum absolute atomic E-state index is 12.8. The summed E-state index contributed by atoms with van der Waals surface area (Å²) in [4.78, 5) is -0.960. The number of H-pyrrole nitrogens is 1. The van der Waals surface area contributed by atoms with Crippen LogP contribution in [-0.4, -0.2) is 24.1 Å². The van der Waals surface area contributed by atoms with Crippen molar-refractivity contribution in [1.82, 2.24) is 10.2 Å².